The molecule has 0 fully saturated rings. The molecule has 0 spiro atoms. The van der Waals surface area contributed by atoms with Crippen LogP contribution in [-0.2, 0) is 0 Å². The fourth-order valence-corrected chi connectivity index (χ4v) is 3.98. The van der Waals surface area contributed by atoms with Gasteiger partial charge in [-0.3, -0.25) is 4.40 Å². The number of rotatable bonds is 2. The Labute approximate surface area is 171 Å². The summed E-state index contributed by atoms with van der Waals surface area (Å²) in [7, 11) is 0. The first kappa shape index (κ1) is 16.3. The SMILES string of the molecule is S=c1ncc(-c2ccc3c(c2)OCO3)c2[nH]c(-c3ccc4ccccc4c3)cn12. The fourth-order valence-electron chi connectivity index (χ4n) is 3.78. The molecule has 0 unspecified atom stereocenters. The van der Waals surface area contributed by atoms with E-state index in [-0.39, 0.29) is 6.79 Å². The molecule has 0 saturated heterocycles. The number of nitrogens with one attached hydrogen (secondary N) is 1. The van der Waals surface area contributed by atoms with Crippen molar-refractivity contribution in [3.63, 3.8) is 0 Å². The van der Waals surface area contributed by atoms with Gasteiger partial charge in [0.1, 0.15) is 5.65 Å². The van der Waals surface area contributed by atoms with Crippen molar-refractivity contribution in [2.45, 2.75) is 0 Å². The van der Waals surface area contributed by atoms with Crippen molar-refractivity contribution >= 4 is 28.6 Å². The second-order valence-corrected chi connectivity index (χ2v) is 7.34. The van der Waals surface area contributed by atoms with Crippen LogP contribution in [0.2, 0.25) is 0 Å². The van der Waals surface area contributed by atoms with Gasteiger partial charge in [0.2, 0.25) is 11.6 Å². The molecular formula is C23H15N3O2S. The van der Waals surface area contributed by atoms with Gasteiger partial charge < -0.3 is 14.5 Å². The number of aromatic nitrogens is 3. The van der Waals surface area contributed by atoms with E-state index >= 15 is 0 Å². The highest BCUT2D eigenvalue weighted by Crippen LogP contribution is 2.37. The van der Waals surface area contributed by atoms with E-state index < -0.39 is 0 Å². The van der Waals surface area contributed by atoms with Gasteiger partial charge in [-0.1, -0.05) is 42.5 Å². The number of hydrogen-bond donors (Lipinski definition) is 1. The van der Waals surface area contributed by atoms with Crippen LogP contribution in [0.5, 0.6) is 11.5 Å². The third-order valence-electron chi connectivity index (χ3n) is 5.26. The number of H-pyrrole nitrogens is 1. The van der Waals surface area contributed by atoms with Crippen LogP contribution < -0.4 is 9.47 Å². The highest BCUT2D eigenvalue weighted by Gasteiger charge is 2.16. The number of aromatic amines is 1. The molecule has 29 heavy (non-hydrogen) atoms. The maximum absolute atomic E-state index is 5.53. The van der Waals surface area contributed by atoms with Gasteiger partial charge in [-0.25, -0.2) is 4.98 Å². The van der Waals surface area contributed by atoms with Gasteiger partial charge in [-0.15, -0.1) is 0 Å². The van der Waals surface area contributed by atoms with Gasteiger partial charge >= 0.3 is 0 Å². The second kappa shape index (κ2) is 6.18. The Morgan fingerprint density at radius 1 is 0.897 bits per heavy atom. The quantitative estimate of drug-likeness (QED) is 0.394. The molecule has 6 heteroatoms. The van der Waals surface area contributed by atoms with E-state index in [1.165, 1.54) is 10.8 Å². The molecule has 0 atom stereocenters. The molecule has 1 N–H and O–H groups in total. The second-order valence-electron chi connectivity index (χ2n) is 6.97. The Morgan fingerprint density at radius 2 is 1.72 bits per heavy atom. The Hall–Kier alpha value is -3.64. The topological polar surface area (TPSA) is 51.5 Å². The van der Waals surface area contributed by atoms with Gasteiger partial charge in [-0.2, -0.15) is 0 Å². The van der Waals surface area contributed by atoms with Gasteiger partial charge in [-0.05, 0) is 46.8 Å². The van der Waals surface area contributed by atoms with Gasteiger partial charge in [0, 0.05) is 23.5 Å². The molecule has 5 nitrogen and oxygen atoms in total. The molecule has 1 aliphatic heterocycles. The van der Waals surface area contributed by atoms with Crippen LogP contribution >= 0.6 is 12.2 Å². The summed E-state index contributed by atoms with van der Waals surface area (Å²) < 4.78 is 13.4. The first-order valence-corrected chi connectivity index (χ1v) is 9.67. The van der Waals surface area contributed by atoms with Crippen molar-refractivity contribution in [3.05, 3.63) is 77.8 Å². The third-order valence-corrected chi connectivity index (χ3v) is 5.56. The fraction of sp³-hybridized carbons (Fsp3) is 0.0435. The summed E-state index contributed by atoms with van der Waals surface area (Å²) in [5.41, 5.74) is 4.91. The zero-order valence-corrected chi connectivity index (χ0v) is 16.1. The maximum atomic E-state index is 5.53. The zero-order valence-electron chi connectivity index (χ0n) is 15.3. The summed E-state index contributed by atoms with van der Waals surface area (Å²) >= 11 is 5.47. The highest BCUT2D eigenvalue weighted by molar-refractivity contribution is 7.71. The molecule has 3 aromatic carbocycles. The lowest BCUT2D eigenvalue weighted by Gasteiger charge is -2.05. The lowest BCUT2D eigenvalue weighted by molar-refractivity contribution is 0.174. The van der Waals surface area contributed by atoms with Crippen molar-refractivity contribution in [3.8, 4) is 33.9 Å². The largest absolute Gasteiger partial charge is 0.454 e. The minimum atomic E-state index is 0.251. The van der Waals surface area contributed by atoms with Crippen molar-refractivity contribution in [2.24, 2.45) is 0 Å². The van der Waals surface area contributed by atoms with Crippen LogP contribution in [0, 0.1) is 4.77 Å². The van der Waals surface area contributed by atoms with Crippen LogP contribution in [0.1, 0.15) is 0 Å². The van der Waals surface area contributed by atoms with Crippen molar-refractivity contribution in [1.82, 2.24) is 14.4 Å². The van der Waals surface area contributed by atoms with Crippen molar-refractivity contribution in [1.29, 1.82) is 0 Å². The summed E-state index contributed by atoms with van der Waals surface area (Å²) in [6.07, 6.45) is 3.81. The van der Waals surface area contributed by atoms with Crippen LogP contribution in [0.4, 0.5) is 0 Å². The van der Waals surface area contributed by atoms with Crippen LogP contribution in [-0.4, -0.2) is 21.2 Å². The van der Waals surface area contributed by atoms with Crippen LogP contribution in [0.15, 0.2) is 73.1 Å². The Morgan fingerprint density at radius 3 is 2.66 bits per heavy atom. The molecule has 0 aliphatic carbocycles. The molecule has 2 aromatic heterocycles. The Balaban J connectivity index is 1.54. The number of hydrogen-bond acceptors (Lipinski definition) is 4. The molecule has 0 saturated carbocycles. The van der Waals surface area contributed by atoms with Crippen molar-refractivity contribution < 1.29 is 9.47 Å². The summed E-state index contributed by atoms with van der Waals surface area (Å²) in [5.74, 6) is 1.50. The normalized spacial score (nSPS) is 12.7. The summed E-state index contributed by atoms with van der Waals surface area (Å²) in [6, 6.07) is 20.7. The molecule has 1 aliphatic rings. The van der Waals surface area contributed by atoms with E-state index in [2.05, 4.69) is 46.4 Å². The Kier molecular flexibility index (Phi) is 3.48. The number of nitrogens with zero attached hydrogens (tertiary/aromatic N) is 2. The number of ether oxygens (including phenoxy) is 2. The van der Waals surface area contributed by atoms with E-state index in [0.29, 0.717) is 4.77 Å². The first-order valence-electron chi connectivity index (χ1n) is 9.26. The van der Waals surface area contributed by atoms with Crippen LogP contribution in [0.3, 0.4) is 0 Å². The average molecular weight is 397 g/mol. The first-order chi connectivity index (χ1) is 14.3. The average Bonchev–Trinajstić information content (AvgIpc) is 3.41. The minimum Gasteiger partial charge on any atom is -0.454 e. The van der Waals surface area contributed by atoms with Gasteiger partial charge in [0.05, 0.1) is 5.69 Å². The third kappa shape index (κ3) is 2.61. The highest BCUT2D eigenvalue weighted by atomic mass is 32.1. The number of imidazole rings is 1. The summed E-state index contributed by atoms with van der Waals surface area (Å²) in [6.45, 7) is 0.251. The van der Waals surface area contributed by atoms with Gasteiger partial charge in [0.25, 0.3) is 0 Å². The van der Waals surface area contributed by atoms with E-state index in [4.69, 9.17) is 21.7 Å². The molecule has 0 bridgehead atoms. The molecule has 6 rings (SSSR count). The maximum Gasteiger partial charge on any atom is 0.231 e. The predicted octanol–water partition coefficient (Wildman–Crippen LogP) is 5.61. The summed E-state index contributed by atoms with van der Waals surface area (Å²) in [5, 5.41) is 2.41. The van der Waals surface area contributed by atoms with Crippen molar-refractivity contribution in [2.75, 3.05) is 6.79 Å². The number of benzene rings is 3. The monoisotopic (exact) mass is 397 g/mol. The minimum absolute atomic E-state index is 0.251. The van der Waals surface area contributed by atoms with Crippen LogP contribution in [0.25, 0.3) is 38.8 Å². The molecule has 3 heterocycles. The van der Waals surface area contributed by atoms with E-state index in [9.17, 15) is 0 Å². The molecular weight excluding hydrogens is 382 g/mol. The molecule has 0 radical (unpaired) electrons. The standard InChI is InChI=1S/C23H15N3O2S/c29-23-24-11-18(16-7-8-20-21(10-16)28-13-27-20)22-25-19(12-26(22)23)17-6-5-14-3-1-2-4-15(14)9-17/h1-12,25H,13H2. The number of fused-ring (bicyclic) bond motifs is 3. The molecule has 5 aromatic rings. The summed E-state index contributed by atoms with van der Waals surface area (Å²) in [4.78, 5) is 7.96. The predicted molar refractivity (Wildman–Crippen MR) is 115 cm³/mol. The van der Waals surface area contributed by atoms with E-state index in [1.807, 2.05) is 34.9 Å². The smallest absolute Gasteiger partial charge is 0.231 e. The van der Waals surface area contributed by atoms with E-state index in [0.717, 1.165) is 39.5 Å². The zero-order chi connectivity index (χ0) is 19.4. The lowest BCUT2D eigenvalue weighted by atomic mass is 10.1. The molecule has 140 valence electrons. The Bertz CT molecular complexity index is 1470. The van der Waals surface area contributed by atoms with E-state index in [1.54, 1.807) is 6.20 Å². The lowest BCUT2D eigenvalue weighted by Crippen LogP contribution is -1.93. The van der Waals surface area contributed by atoms with Gasteiger partial charge in [0.15, 0.2) is 11.5 Å². The molecule has 0 amide bonds.